The molecule has 1 aliphatic rings. The third kappa shape index (κ3) is 3.50. The molecule has 3 N–H and O–H groups in total. The van der Waals surface area contributed by atoms with E-state index in [0.29, 0.717) is 18.2 Å². The Bertz CT molecular complexity index is 467. The van der Waals surface area contributed by atoms with Gasteiger partial charge in [0.15, 0.2) is 0 Å². The van der Waals surface area contributed by atoms with Crippen LogP contribution in [0.3, 0.4) is 0 Å². The highest BCUT2D eigenvalue weighted by Crippen LogP contribution is 2.29. The molecule has 1 fully saturated rings. The highest BCUT2D eigenvalue weighted by Gasteiger charge is 2.27. The average Bonchev–Trinajstić information content (AvgIpc) is 2.98. The molecule has 0 radical (unpaired) electrons. The highest BCUT2D eigenvalue weighted by molar-refractivity contribution is 7.89. The first-order valence-electron chi connectivity index (χ1n) is 5.37. The molecule has 0 unspecified atom stereocenters. The third-order valence-electron chi connectivity index (χ3n) is 2.60. The number of nitrogens with two attached hydrogens (primary N) is 1. The van der Waals surface area contributed by atoms with Gasteiger partial charge in [0.2, 0.25) is 10.0 Å². The number of hydrogen-bond donors (Lipinski definition) is 2. The first-order valence-corrected chi connectivity index (χ1v) is 7.02. The van der Waals surface area contributed by atoms with Crippen LogP contribution in [0.25, 0.3) is 0 Å². The van der Waals surface area contributed by atoms with Gasteiger partial charge in [-0.1, -0.05) is 12.1 Å². The van der Waals surface area contributed by atoms with Gasteiger partial charge in [0, 0.05) is 12.2 Å². The van der Waals surface area contributed by atoms with E-state index in [0.717, 1.165) is 18.4 Å². The lowest BCUT2D eigenvalue weighted by Crippen LogP contribution is -2.26. The van der Waals surface area contributed by atoms with Crippen LogP contribution in [0, 0.1) is 5.92 Å². The molecule has 0 amide bonds. The second kappa shape index (κ2) is 4.43. The number of hydrogen-bond acceptors (Lipinski definition) is 3. The summed E-state index contributed by atoms with van der Waals surface area (Å²) in [7, 11) is -3.12. The lowest BCUT2D eigenvalue weighted by Gasteiger charge is -2.06. The molecule has 88 valence electrons. The van der Waals surface area contributed by atoms with Crippen LogP contribution in [0.4, 0.5) is 5.69 Å². The number of anilines is 1. The van der Waals surface area contributed by atoms with E-state index in [2.05, 4.69) is 4.72 Å². The molecule has 5 heteroatoms. The first kappa shape index (κ1) is 11.4. The molecule has 0 bridgehead atoms. The van der Waals surface area contributed by atoms with Crippen molar-refractivity contribution in [3.05, 3.63) is 29.8 Å². The topological polar surface area (TPSA) is 72.2 Å². The summed E-state index contributed by atoms with van der Waals surface area (Å²) < 4.78 is 25.8. The predicted octanol–water partition coefficient (Wildman–Crippen LogP) is 1.10. The Morgan fingerprint density at radius 2 is 2.12 bits per heavy atom. The van der Waals surface area contributed by atoms with Crippen molar-refractivity contribution in [1.82, 2.24) is 4.72 Å². The number of nitrogen functional groups attached to an aromatic ring is 1. The summed E-state index contributed by atoms with van der Waals surface area (Å²) in [6.07, 6.45) is 2.08. The summed E-state index contributed by atoms with van der Waals surface area (Å²) in [4.78, 5) is 0. The van der Waals surface area contributed by atoms with E-state index in [1.54, 1.807) is 12.1 Å². The van der Waals surface area contributed by atoms with E-state index in [1.807, 2.05) is 12.1 Å². The number of rotatable bonds is 5. The number of nitrogens with one attached hydrogen (secondary N) is 1. The minimum Gasteiger partial charge on any atom is -0.399 e. The van der Waals surface area contributed by atoms with Crippen molar-refractivity contribution in [2.45, 2.75) is 19.4 Å². The maximum Gasteiger partial charge on any atom is 0.212 e. The average molecular weight is 240 g/mol. The van der Waals surface area contributed by atoms with E-state index in [1.165, 1.54) is 0 Å². The van der Waals surface area contributed by atoms with Gasteiger partial charge in [-0.15, -0.1) is 0 Å². The quantitative estimate of drug-likeness (QED) is 0.757. The van der Waals surface area contributed by atoms with Crippen LogP contribution < -0.4 is 10.5 Å². The van der Waals surface area contributed by atoms with Crippen molar-refractivity contribution in [3.8, 4) is 0 Å². The van der Waals surface area contributed by atoms with E-state index in [4.69, 9.17) is 5.73 Å². The van der Waals surface area contributed by atoms with Crippen LogP contribution >= 0.6 is 0 Å². The third-order valence-corrected chi connectivity index (χ3v) is 4.09. The molecule has 0 heterocycles. The van der Waals surface area contributed by atoms with Crippen molar-refractivity contribution in [1.29, 1.82) is 0 Å². The largest absolute Gasteiger partial charge is 0.399 e. The van der Waals surface area contributed by atoms with Gasteiger partial charge in [-0.3, -0.25) is 0 Å². The highest BCUT2D eigenvalue weighted by atomic mass is 32.2. The van der Waals surface area contributed by atoms with Crippen LogP contribution in [-0.4, -0.2) is 14.2 Å². The minimum absolute atomic E-state index is 0.259. The summed E-state index contributed by atoms with van der Waals surface area (Å²) >= 11 is 0. The molecule has 0 aromatic heterocycles. The van der Waals surface area contributed by atoms with Crippen molar-refractivity contribution >= 4 is 15.7 Å². The predicted molar refractivity (Wildman–Crippen MR) is 64.2 cm³/mol. The van der Waals surface area contributed by atoms with Gasteiger partial charge in [0.25, 0.3) is 0 Å². The van der Waals surface area contributed by atoms with Gasteiger partial charge in [0.1, 0.15) is 0 Å². The molecule has 0 spiro atoms. The smallest absolute Gasteiger partial charge is 0.212 e. The van der Waals surface area contributed by atoms with Crippen LogP contribution in [0.2, 0.25) is 0 Å². The van der Waals surface area contributed by atoms with Crippen LogP contribution in [0.5, 0.6) is 0 Å². The molecule has 2 rings (SSSR count). The van der Waals surface area contributed by atoms with Crippen LogP contribution in [-0.2, 0) is 16.6 Å². The molecule has 16 heavy (non-hydrogen) atoms. The second-order valence-corrected chi connectivity index (χ2v) is 6.14. The molecule has 0 aliphatic heterocycles. The SMILES string of the molecule is Nc1cccc(CNS(=O)(=O)CC2CC2)c1. The Morgan fingerprint density at radius 3 is 2.75 bits per heavy atom. The van der Waals surface area contributed by atoms with Gasteiger partial charge < -0.3 is 5.73 Å². The lowest BCUT2D eigenvalue weighted by atomic mass is 10.2. The Kier molecular flexibility index (Phi) is 3.16. The molecule has 1 saturated carbocycles. The zero-order valence-electron chi connectivity index (χ0n) is 9.02. The van der Waals surface area contributed by atoms with Crippen LogP contribution in [0.1, 0.15) is 18.4 Å². The molecule has 0 atom stereocenters. The summed E-state index contributed by atoms with van der Waals surface area (Å²) in [5.41, 5.74) is 7.15. The Balaban J connectivity index is 1.90. The fraction of sp³-hybridized carbons (Fsp3) is 0.455. The van der Waals surface area contributed by atoms with Gasteiger partial charge in [-0.2, -0.15) is 0 Å². The second-order valence-electron chi connectivity index (χ2n) is 4.29. The monoisotopic (exact) mass is 240 g/mol. The normalized spacial score (nSPS) is 16.2. The van der Waals surface area contributed by atoms with Crippen molar-refractivity contribution in [2.75, 3.05) is 11.5 Å². The molecule has 0 saturated heterocycles. The zero-order valence-corrected chi connectivity index (χ0v) is 9.83. The molecule has 4 nitrogen and oxygen atoms in total. The minimum atomic E-state index is -3.12. The lowest BCUT2D eigenvalue weighted by molar-refractivity contribution is 0.577. The van der Waals surface area contributed by atoms with E-state index in [9.17, 15) is 8.42 Å². The maximum absolute atomic E-state index is 11.6. The Labute approximate surface area is 95.9 Å². The van der Waals surface area contributed by atoms with Gasteiger partial charge >= 0.3 is 0 Å². The van der Waals surface area contributed by atoms with Gasteiger partial charge in [-0.05, 0) is 36.5 Å². The zero-order chi connectivity index (χ0) is 11.6. The van der Waals surface area contributed by atoms with E-state index in [-0.39, 0.29) is 5.75 Å². The fourth-order valence-corrected chi connectivity index (χ4v) is 3.01. The van der Waals surface area contributed by atoms with Crippen molar-refractivity contribution in [3.63, 3.8) is 0 Å². The van der Waals surface area contributed by atoms with Crippen LogP contribution in [0.15, 0.2) is 24.3 Å². The summed E-state index contributed by atoms with van der Waals surface area (Å²) in [5, 5.41) is 0. The molecule has 1 aromatic rings. The summed E-state index contributed by atoms with van der Waals surface area (Å²) in [6, 6.07) is 7.23. The molecule has 1 aromatic carbocycles. The maximum atomic E-state index is 11.6. The first-order chi connectivity index (χ1) is 7.55. The number of sulfonamides is 1. The van der Waals surface area contributed by atoms with Crippen molar-refractivity contribution in [2.24, 2.45) is 5.92 Å². The van der Waals surface area contributed by atoms with Gasteiger partial charge in [0.05, 0.1) is 5.75 Å². The standard InChI is InChI=1S/C11H16N2O2S/c12-11-3-1-2-10(6-11)7-13-16(14,15)8-9-4-5-9/h1-3,6,9,13H,4-5,7-8,12H2. The molecule has 1 aliphatic carbocycles. The molecular formula is C11H16N2O2S. The number of benzene rings is 1. The van der Waals surface area contributed by atoms with Crippen molar-refractivity contribution < 1.29 is 8.42 Å². The van der Waals surface area contributed by atoms with E-state index >= 15 is 0 Å². The summed E-state index contributed by atoms with van der Waals surface area (Å²) in [5.74, 6) is 0.633. The molecular weight excluding hydrogens is 224 g/mol. The van der Waals surface area contributed by atoms with Gasteiger partial charge in [-0.25, -0.2) is 13.1 Å². The fourth-order valence-electron chi connectivity index (χ4n) is 1.55. The Morgan fingerprint density at radius 1 is 1.38 bits per heavy atom. The summed E-state index contributed by atoms with van der Waals surface area (Å²) in [6.45, 7) is 0.320. The van der Waals surface area contributed by atoms with E-state index < -0.39 is 10.0 Å². The Hall–Kier alpha value is -1.07.